The second-order valence-corrected chi connectivity index (χ2v) is 6.64. The van der Waals surface area contributed by atoms with E-state index >= 15 is 0 Å². The van der Waals surface area contributed by atoms with Crippen LogP contribution in [0.2, 0.25) is 0 Å². The Labute approximate surface area is 166 Å². The summed E-state index contributed by atoms with van der Waals surface area (Å²) in [6.07, 6.45) is -0.829. The Balaban J connectivity index is 3.09. The summed E-state index contributed by atoms with van der Waals surface area (Å²) in [5, 5.41) is 13.7. The Hall–Kier alpha value is -2.50. The normalized spacial score (nSPS) is 11.5. The summed E-state index contributed by atoms with van der Waals surface area (Å²) in [5.74, 6) is -3.48. The minimum Gasteiger partial charge on any atom is -0.462 e. The highest BCUT2D eigenvalue weighted by Crippen LogP contribution is 2.34. The molecule has 28 heavy (non-hydrogen) atoms. The van der Waals surface area contributed by atoms with Crippen LogP contribution in [0.15, 0.2) is 0 Å². The van der Waals surface area contributed by atoms with Gasteiger partial charge in [-0.05, 0) is 26.3 Å². The molecule has 0 saturated heterocycles. The van der Waals surface area contributed by atoms with Crippen LogP contribution in [0.1, 0.15) is 39.4 Å². The van der Waals surface area contributed by atoms with Crippen LogP contribution in [0.25, 0.3) is 0 Å². The summed E-state index contributed by atoms with van der Waals surface area (Å²) < 4.78 is 14.8. The first-order valence-corrected chi connectivity index (χ1v) is 9.28. The molecular weight excluding hydrogens is 392 g/mol. The molecule has 1 rings (SSSR count). The van der Waals surface area contributed by atoms with Crippen molar-refractivity contribution in [1.82, 2.24) is 5.32 Å². The fourth-order valence-corrected chi connectivity index (χ4v) is 3.09. The van der Waals surface area contributed by atoms with Crippen molar-refractivity contribution < 1.29 is 38.5 Å². The van der Waals surface area contributed by atoms with Crippen LogP contribution in [-0.2, 0) is 23.8 Å². The maximum atomic E-state index is 12.3. The van der Waals surface area contributed by atoms with Crippen molar-refractivity contribution in [3.8, 4) is 0 Å². The standard InChI is InChI=1S/C17H24N2O8S/c1-5-26-16(23)11-10(3)12(17(24)27-7-6-25-4)28-15(11)19-14(22)13(21)18-8-9(2)20/h9,20H,5-8H2,1-4H3,(H,18,21)(H,19,22)/t9-/m1/s1. The molecule has 0 aromatic carbocycles. The SMILES string of the molecule is CCOC(=O)c1c(NC(=O)C(=O)NC[C@@H](C)O)sc(C(=O)OCCOC)c1C. The van der Waals surface area contributed by atoms with Gasteiger partial charge in [-0.2, -0.15) is 0 Å². The quantitative estimate of drug-likeness (QED) is 0.300. The molecule has 1 atom stereocenters. The predicted octanol–water partition coefficient (Wildman–Crippen LogP) is 0.472. The van der Waals surface area contributed by atoms with Crippen molar-refractivity contribution >= 4 is 40.1 Å². The van der Waals surface area contributed by atoms with E-state index in [2.05, 4.69) is 10.6 Å². The summed E-state index contributed by atoms with van der Waals surface area (Å²) in [5.41, 5.74) is 0.243. The van der Waals surface area contributed by atoms with Crippen LogP contribution in [0.5, 0.6) is 0 Å². The van der Waals surface area contributed by atoms with E-state index in [0.29, 0.717) is 0 Å². The fourth-order valence-electron chi connectivity index (χ4n) is 2.01. The number of nitrogens with one attached hydrogen (secondary N) is 2. The van der Waals surface area contributed by atoms with Gasteiger partial charge in [-0.25, -0.2) is 9.59 Å². The maximum absolute atomic E-state index is 12.3. The second-order valence-electron chi connectivity index (χ2n) is 5.62. The second kappa shape index (κ2) is 11.4. The molecule has 156 valence electrons. The number of ether oxygens (including phenoxy) is 3. The monoisotopic (exact) mass is 416 g/mol. The molecule has 0 fully saturated rings. The van der Waals surface area contributed by atoms with Crippen molar-refractivity contribution in [1.29, 1.82) is 0 Å². The molecule has 0 aliphatic carbocycles. The number of carbonyl (C=O) groups excluding carboxylic acids is 4. The van der Waals surface area contributed by atoms with E-state index in [1.165, 1.54) is 21.0 Å². The zero-order valence-corrected chi connectivity index (χ0v) is 16.9. The Morgan fingerprint density at radius 3 is 2.36 bits per heavy atom. The average molecular weight is 416 g/mol. The number of hydrogen-bond donors (Lipinski definition) is 3. The molecule has 1 aromatic heterocycles. The number of anilines is 1. The number of esters is 2. The van der Waals surface area contributed by atoms with Gasteiger partial charge in [-0.15, -0.1) is 11.3 Å². The first kappa shape index (κ1) is 23.5. The lowest BCUT2D eigenvalue weighted by atomic mass is 10.1. The van der Waals surface area contributed by atoms with Gasteiger partial charge in [-0.3, -0.25) is 9.59 Å². The Bertz CT molecular complexity index is 729. The van der Waals surface area contributed by atoms with Gasteiger partial charge in [0.2, 0.25) is 0 Å². The topological polar surface area (TPSA) is 140 Å². The Morgan fingerprint density at radius 2 is 1.79 bits per heavy atom. The molecule has 11 heteroatoms. The highest BCUT2D eigenvalue weighted by Gasteiger charge is 2.28. The van der Waals surface area contributed by atoms with Gasteiger partial charge in [-0.1, -0.05) is 0 Å². The van der Waals surface area contributed by atoms with Crippen LogP contribution in [0.3, 0.4) is 0 Å². The molecule has 0 unspecified atom stereocenters. The van der Waals surface area contributed by atoms with E-state index in [1.807, 2.05) is 0 Å². The molecule has 10 nitrogen and oxygen atoms in total. The number of hydrogen-bond acceptors (Lipinski definition) is 9. The van der Waals surface area contributed by atoms with Crippen LogP contribution < -0.4 is 10.6 Å². The van der Waals surface area contributed by atoms with Crippen LogP contribution in [0, 0.1) is 6.92 Å². The molecule has 0 bridgehead atoms. The Kier molecular flexibility index (Phi) is 9.56. The number of carbonyl (C=O) groups is 4. The summed E-state index contributed by atoms with van der Waals surface area (Å²) in [6.45, 7) is 4.77. The third-order valence-corrected chi connectivity index (χ3v) is 4.51. The van der Waals surface area contributed by atoms with Gasteiger partial charge in [0, 0.05) is 13.7 Å². The summed E-state index contributed by atoms with van der Waals surface area (Å²) in [6, 6.07) is 0. The average Bonchev–Trinajstić information content (AvgIpc) is 2.95. The predicted molar refractivity (Wildman–Crippen MR) is 100 cm³/mol. The minimum atomic E-state index is -1.05. The molecule has 2 amide bonds. The van der Waals surface area contributed by atoms with Gasteiger partial charge in [0.15, 0.2) is 0 Å². The van der Waals surface area contributed by atoms with Gasteiger partial charge >= 0.3 is 23.8 Å². The van der Waals surface area contributed by atoms with Crippen molar-refractivity contribution in [2.75, 3.05) is 38.8 Å². The first-order chi connectivity index (χ1) is 13.2. The number of aliphatic hydroxyl groups is 1. The molecular formula is C17H24N2O8S. The largest absolute Gasteiger partial charge is 0.462 e. The van der Waals surface area contributed by atoms with Crippen molar-refractivity contribution in [3.63, 3.8) is 0 Å². The summed E-state index contributed by atoms with van der Waals surface area (Å²) in [4.78, 5) is 48.5. The molecule has 1 aromatic rings. The number of methoxy groups -OCH3 is 1. The van der Waals surface area contributed by atoms with E-state index in [4.69, 9.17) is 14.2 Å². The fraction of sp³-hybridized carbons (Fsp3) is 0.529. The van der Waals surface area contributed by atoms with E-state index < -0.39 is 29.9 Å². The number of aliphatic hydroxyl groups excluding tert-OH is 1. The highest BCUT2D eigenvalue weighted by molar-refractivity contribution is 7.18. The van der Waals surface area contributed by atoms with E-state index in [-0.39, 0.29) is 47.4 Å². The lowest BCUT2D eigenvalue weighted by Gasteiger charge is -2.08. The van der Waals surface area contributed by atoms with Crippen LogP contribution in [-0.4, -0.2) is 68.4 Å². The molecule has 0 spiro atoms. The van der Waals surface area contributed by atoms with Gasteiger partial charge in [0.25, 0.3) is 0 Å². The van der Waals surface area contributed by atoms with E-state index in [9.17, 15) is 24.3 Å². The summed E-state index contributed by atoms with van der Waals surface area (Å²) in [7, 11) is 1.46. The number of amides is 2. The van der Waals surface area contributed by atoms with E-state index in [1.54, 1.807) is 6.92 Å². The molecule has 0 aliphatic rings. The van der Waals surface area contributed by atoms with Crippen molar-refractivity contribution in [2.45, 2.75) is 26.9 Å². The summed E-state index contributed by atoms with van der Waals surface area (Å²) >= 11 is 0.799. The third-order valence-electron chi connectivity index (χ3n) is 3.32. The first-order valence-electron chi connectivity index (χ1n) is 8.46. The minimum absolute atomic E-state index is 0.00756. The third kappa shape index (κ3) is 6.59. The lowest BCUT2D eigenvalue weighted by molar-refractivity contribution is -0.136. The van der Waals surface area contributed by atoms with Crippen molar-refractivity contribution in [2.24, 2.45) is 0 Å². The van der Waals surface area contributed by atoms with Gasteiger partial charge < -0.3 is 30.0 Å². The van der Waals surface area contributed by atoms with Crippen LogP contribution in [0.4, 0.5) is 5.00 Å². The smallest absolute Gasteiger partial charge is 0.348 e. The zero-order chi connectivity index (χ0) is 21.3. The lowest BCUT2D eigenvalue weighted by Crippen LogP contribution is -2.38. The maximum Gasteiger partial charge on any atom is 0.348 e. The Morgan fingerprint density at radius 1 is 1.11 bits per heavy atom. The van der Waals surface area contributed by atoms with Gasteiger partial charge in [0.05, 0.1) is 24.9 Å². The molecule has 0 aliphatic heterocycles. The van der Waals surface area contributed by atoms with Crippen LogP contribution >= 0.6 is 11.3 Å². The molecule has 3 N–H and O–H groups in total. The molecule has 0 saturated carbocycles. The van der Waals surface area contributed by atoms with Gasteiger partial charge in [0.1, 0.15) is 16.5 Å². The molecule has 1 heterocycles. The number of thiophene rings is 1. The highest BCUT2D eigenvalue weighted by atomic mass is 32.1. The number of rotatable bonds is 9. The van der Waals surface area contributed by atoms with E-state index in [0.717, 1.165) is 11.3 Å². The zero-order valence-electron chi connectivity index (χ0n) is 16.1. The molecule has 0 radical (unpaired) electrons. The van der Waals surface area contributed by atoms with Crippen molar-refractivity contribution in [3.05, 3.63) is 16.0 Å².